The van der Waals surface area contributed by atoms with Crippen LogP contribution >= 0.6 is 11.6 Å². The lowest BCUT2D eigenvalue weighted by Crippen LogP contribution is -1.86. The van der Waals surface area contributed by atoms with Crippen LogP contribution < -0.4 is 5.73 Å². The van der Waals surface area contributed by atoms with E-state index in [-0.39, 0.29) is 0 Å². The van der Waals surface area contributed by atoms with Crippen molar-refractivity contribution in [3.63, 3.8) is 0 Å². The minimum atomic E-state index is 0.431. The predicted molar refractivity (Wildman–Crippen MR) is 65.4 cm³/mol. The number of aromatic nitrogens is 1. The fourth-order valence-corrected chi connectivity index (χ4v) is 1.35. The van der Waals surface area contributed by atoms with Gasteiger partial charge in [-0.3, -0.25) is 4.79 Å². The number of ether oxygens (including phenoxy) is 1. The van der Waals surface area contributed by atoms with Crippen LogP contribution in [0.25, 0.3) is 10.9 Å². The zero-order valence-electron chi connectivity index (χ0n) is 8.87. The fourth-order valence-electron chi connectivity index (χ4n) is 1.19. The normalized spacial score (nSPS) is 9.38. The van der Waals surface area contributed by atoms with Gasteiger partial charge in [0.1, 0.15) is 0 Å². The zero-order chi connectivity index (χ0) is 12.0. The quantitative estimate of drug-likeness (QED) is 0.626. The van der Waals surface area contributed by atoms with Crippen LogP contribution in [0.2, 0.25) is 5.02 Å². The SMILES string of the molecule is CCOC=O.Nc1c(Cl)ccc2cc[nH]c12. The van der Waals surface area contributed by atoms with E-state index < -0.39 is 0 Å². The van der Waals surface area contributed by atoms with Gasteiger partial charge >= 0.3 is 0 Å². The number of rotatable bonds is 2. The Morgan fingerprint density at radius 1 is 1.50 bits per heavy atom. The lowest BCUT2D eigenvalue weighted by molar-refractivity contribution is -0.128. The van der Waals surface area contributed by atoms with Crippen LogP contribution in [0.5, 0.6) is 0 Å². The molecule has 86 valence electrons. The number of fused-ring (bicyclic) bond motifs is 1. The molecule has 16 heavy (non-hydrogen) atoms. The highest BCUT2D eigenvalue weighted by Gasteiger charge is 2.01. The maximum atomic E-state index is 9.18. The summed E-state index contributed by atoms with van der Waals surface area (Å²) >= 11 is 5.80. The monoisotopic (exact) mass is 240 g/mol. The van der Waals surface area contributed by atoms with E-state index in [2.05, 4.69) is 9.72 Å². The number of aromatic amines is 1. The highest BCUT2D eigenvalue weighted by molar-refractivity contribution is 6.34. The molecule has 1 aromatic carbocycles. The summed E-state index contributed by atoms with van der Waals surface area (Å²) in [5.74, 6) is 0. The number of carbonyl (C=O) groups excluding carboxylic acids is 1. The smallest absolute Gasteiger partial charge is 0.293 e. The minimum Gasteiger partial charge on any atom is -0.468 e. The van der Waals surface area contributed by atoms with Gasteiger partial charge in [0.05, 0.1) is 22.8 Å². The van der Waals surface area contributed by atoms with Crippen LogP contribution in [0.15, 0.2) is 24.4 Å². The second-order valence-electron chi connectivity index (χ2n) is 2.95. The Bertz CT molecular complexity index is 468. The number of hydrogen-bond acceptors (Lipinski definition) is 3. The van der Waals surface area contributed by atoms with Gasteiger partial charge in [0.15, 0.2) is 0 Å². The highest BCUT2D eigenvalue weighted by Crippen LogP contribution is 2.26. The Labute approximate surface area is 98.3 Å². The van der Waals surface area contributed by atoms with Gasteiger partial charge in [-0.1, -0.05) is 17.7 Å². The van der Waals surface area contributed by atoms with Crippen molar-refractivity contribution < 1.29 is 9.53 Å². The molecule has 0 aliphatic heterocycles. The van der Waals surface area contributed by atoms with Gasteiger partial charge in [-0.2, -0.15) is 0 Å². The summed E-state index contributed by atoms with van der Waals surface area (Å²) in [5.41, 5.74) is 7.23. The van der Waals surface area contributed by atoms with Crippen molar-refractivity contribution in [3.8, 4) is 0 Å². The van der Waals surface area contributed by atoms with Crippen LogP contribution in [0.3, 0.4) is 0 Å². The molecule has 0 fully saturated rings. The Balaban J connectivity index is 0.000000221. The number of carbonyl (C=O) groups is 1. The highest BCUT2D eigenvalue weighted by atomic mass is 35.5. The number of anilines is 1. The summed E-state index contributed by atoms with van der Waals surface area (Å²) < 4.78 is 4.15. The molecular weight excluding hydrogens is 228 g/mol. The number of nitrogens with one attached hydrogen (secondary N) is 1. The fraction of sp³-hybridized carbons (Fsp3) is 0.182. The van der Waals surface area contributed by atoms with Crippen molar-refractivity contribution in [1.82, 2.24) is 4.98 Å². The molecule has 3 N–H and O–H groups in total. The number of benzene rings is 1. The lowest BCUT2D eigenvalue weighted by atomic mass is 10.2. The molecule has 1 aromatic heterocycles. The summed E-state index contributed by atoms with van der Waals surface area (Å²) in [4.78, 5) is 12.2. The summed E-state index contributed by atoms with van der Waals surface area (Å²) in [6.45, 7) is 2.66. The first kappa shape index (κ1) is 12.4. The Morgan fingerprint density at radius 3 is 2.81 bits per heavy atom. The number of nitrogen functional groups attached to an aromatic ring is 1. The first-order valence-electron chi connectivity index (χ1n) is 4.77. The minimum absolute atomic E-state index is 0.431. The van der Waals surface area contributed by atoms with E-state index in [9.17, 15) is 4.79 Å². The molecule has 0 saturated heterocycles. The molecule has 0 aliphatic rings. The van der Waals surface area contributed by atoms with Gasteiger partial charge in [-0.25, -0.2) is 0 Å². The number of halogens is 1. The Kier molecular flexibility index (Phi) is 4.66. The van der Waals surface area contributed by atoms with Crippen molar-refractivity contribution in [2.75, 3.05) is 12.3 Å². The van der Waals surface area contributed by atoms with Gasteiger partial charge in [-0.05, 0) is 19.1 Å². The second-order valence-corrected chi connectivity index (χ2v) is 3.36. The molecule has 0 radical (unpaired) electrons. The zero-order valence-corrected chi connectivity index (χ0v) is 9.62. The summed E-state index contributed by atoms with van der Waals surface area (Å²) in [6.07, 6.45) is 1.84. The third kappa shape index (κ3) is 2.90. The third-order valence-corrected chi connectivity index (χ3v) is 2.28. The molecule has 0 saturated carbocycles. The van der Waals surface area contributed by atoms with E-state index in [0.29, 0.717) is 23.8 Å². The van der Waals surface area contributed by atoms with Gasteiger partial charge in [0.25, 0.3) is 6.47 Å². The molecule has 0 atom stereocenters. The molecule has 0 spiro atoms. The second kappa shape index (κ2) is 6.02. The molecule has 4 nitrogen and oxygen atoms in total. The maximum absolute atomic E-state index is 9.18. The molecule has 1 heterocycles. The van der Waals surface area contributed by atoms with Crippen LogP contribution in [0.1, 0.15) is 6.92 Å². The van der Waals surface area contributed by atoms with E-state index in [1.165, 1.54) is 0 Å². The van der Waals surface area contributed by atoms with E-state index in [1.54, 1.807) is 13.0 Å². The Morgan fingerprint density at radius 2 is 2.25 bits per heavy atom. The molecular formula is C11H13ClN2O2. The van der Waals surface area contributed by atoms with Crippen LogP contribution in [0, 0.1) is 0 Å². The van der Waals surface area contributed by atoms with E-state index in [1.807, 2.05) is 18.3 Å². The van der Waals surface area contributed by atoms with Gasteiger partial charge in [0.2, 0.25) is 0 Å². The van der Waals surface area contributed by atoms with Gasteiger partial charge < -0.3 is 15.5 Å². The molecule has 2 rings (SSSR count). The van der Waals surface area contributed by atoms with Crippen molar-refractivity contribution in [2.24, 2.45) is 0 Å². The maximum Gasteiger partial charge on any atom is 0.293 e. The molecule has 2 aromatic rings. The van der Waals surface area contributed by atoms with Crippen LogP contribution in [-0.4, -0.2) is 18.1 Å². The average molecular weight is 241 g/mol. The summed E-state index contributed by atoms with van der Waals surface area (Å²) in [7, 11) is 0. The largest absolute Gasteiger partial charge is 0.468 e. The third-order valence-electron chi connectivity index (χ3n) is 1.95. The summed E-state index contributed by atoms with van der Waals surface area (Å²) in [5, 5.41) is 1.69. The van der Waals surface area contributed by atoms with Crippen molar-refractivity contribution in [2.45, 2.75) is 6.92 Å². The predicted octanol–water partition coefficient (Wildman–Crippen LogP) is 2.58. The lowest BCUT2D eigenvalue weighted by Gasteiger charge is -1.97. The molecule has 0 bridgehead atoms. The van der Waals surface area contributed by atoms with Gasteiger partial charge in [-0.15, -0.1) is 0 Å². The van der Waals surface area contributed by atoms with Gasteiger partial charge in [0, 0.05) is 11.6 Å². The van der Waals surface area contributed by atoms with E-state index >= 15 is 0 Å². The molecule has 0 aliphatic carbocycles. The van der Waals surface area contributed by atoms with Crippen molar-refractivity contribution in [1.29, 1.82) is 0 Å². The van der Waals surface area contributed by atoms with Crippen molar-refractivity contribution in [3.05, 3.63) is 29.4 Å². The first-order valence-corrected chi connectivity index (χ1v) is 5.14. The number of hydrogen-bond donors (Lipinski definition) is 2. The van der Waals surface area contributed by atoms with Crippen LogP contribution in [0.4, 0.5) is 5.69 Å². The molecule has 5 heteroatoms. The summed E-state index contributed by atoms with van der Waals surface area (Å²) in [6, 6.07) is 5.69. The molecule has 0 amide bonds. The first-order chi connectivity index (χ1) is 7.70. The number of H-pyrrole nitrogens is 1. The van der Waals surface area contributed by atoms with Crippen molar-refractivity contribution >= 4 is 34.7 Å². The molecule has 0 unspecified atom stereocenters. The topological polar surface area (TPSA) is 68.1 Å². The number of nitrogens with two attached hydrogens (primary N) is 1. The standard InChI is InChI=1S/C8H7ClN2.C3H6O2/c9-6-2-1-5-3-4-11-8(5)7(6)10;1-2-5-3-4/h1-4,11H,10H2;3H,2H2,1H3. The van der Waals surface area contributed by atoms with E-state index in [0.717, 1.165) is 10.9 Å². The van der Waals surface area contributed by atoms with Crippen LogP contribution in [-0.2, 0) is 9.53 Å². The Hall–Kier alpha value is -1.68. The van der Waals surface area contributed by atoms with E-state index in [4.69, 9.17) is 17.3 Å². The average Bonchev–Trinajstić information content (AvgIpc) is 2.74.